The molecular weight excluding hydrogens is 228 g/mol. The SMILES string of the molecule is OC[C@H]1OC(CN2CC=CN2)[C@H](O)[C@@H](O)[C@@H]1O. The molecule has 2 heterocycles. The van der Waals surface area contributed by atoms with E-state index in [9.17, 15) is 15.3 Å². The first-order chi connectivity index (χ1) is 8.13. The molecule has 0 aliphatic carbocycles. The van der Waals surface area contributed by atoms with Gasteiger partial charge in [-0.05, 0) is 0 Å². The number of rotatable bonds is 3. The molecule has 0 saturated carbocycles. The van der Waals surface area contributed by atoms with Gasteiger partial charge in [0, 0.05) is 19.3 Å². The van der Waals surface area contributed by atoms with Crippen molar-refractivity contribution in [2.24, 2.45) is 0 Å². The lowest BCUT2D eigenvalue weighted by Gasteiger charge is -2.41. The van der Waals surface area contributed by atoms with Crippen LogP contribution in [0.2, 0.25) is 0 Å². The second-order valence-corrected chi connectivity index (χ2v) is 4.30. The molecule has 1 fully saturated rings. The molecule has 0 aromatic carbocycles. The summed E-state index contributed by atoms with van der Waals surface area (Å²) in [7, 11) is 0. The van der Waals surface area contributed by atoms with Crippen LogP contribution in [0.1, 0.15) is 0 Å². The van der Waals surface area contributed by atoms with E-state index in [0.29, 0.717) is 13.1 Å². The molecule has 1 saturated heterocycles. The molecule has 0 aromatic rings. The minimum atomic E-state index is -1.30. The average molecular weight is 246 g/mol. The van der Waals surface area contributed by atoms with Crippen LogP contribution >= 0.6 is 0 Å². The number of aliphatic hydroxyl groups excluding tert-OH is 4. The van der Waals surface area contributed by atoms with Crippen LogP contribution in [-0.4, -0.2) is 75.7 Å². The summed E-state index contributed by atoms with van der Waals surface area (Å²) in [5, 5.41) is 39.8. The number of nitrogens with one attached hydrogen (secondary N) is 1. The molecule has 0 bridgehead atoms. The molecule has 0 radical (unpaired) electrons. The third-order valence-corrected chi connectivity index (χ3v) is 3.09. The first-order valence-corrected chi connectivity index (χ1v) is 5.60. The lowest BCUT2D eigenvalue weighted by molar-refractivity contribution is -0.232. The van der Waals surface area contributed by atoms with E-state index in [1.165, 1.54) is 0 Å². The van der Waals surface area contributed by atoms with Crippen LogP contribution in [0.5, 0.6) is 0 Å². The van der Waals surface area contributed by atoms with E-state index in [2.05, 4.69) is 5.43 Å². The summed E-state index contributed by atoms with van der Waals surface area (Å²) in [6, 6.07) is 0. The summed E-state index contributed by atoms with van der Waals surface area (Å²) < 4.78 is 5.37. The Morgan fingerprint density at radius 1 is 1.18 bits per heavy atom. The van der Waals surface area contributed by atoms with Crippen LogP contribution in [0.15, 0.2) is 12.3 Å². The largest absolute Gasteiger partial charge is 0.394 e. The number of ether oxygens (including phenoxy) is 1. The van der Waals surface area contributed by atoms with E-state index in [0.717, 1.165) is 0 Å². The number of hydrogen-bond donors (Lipinski definition) is 5. The Bertz CT molecular complexity index is 276. The topological polar surface area (TPSA) is 105 Å². The monoisotopic (exact) mass is 246 g/mol. The van der Waals surface area contributed by atoms with E-state index in [-0.39, 0.29) is 0 Å². The molecular formula is C10H18N2O5. The summed E-state index contributed by atoms with van der Waals surface area (Å²) in [6.07, 6.45) is -1.59. The van der Waals surface area contributed by atoms with Gasteiger partial charge in [-0.2, -0.15) is 0 Å². The number of aliphatic hydroxyl groups is 4. The minimum absolute atomic E-state index is 0.356. The molecule has 0 amide bonds. The number of hydrazine groups is 1. The van der Waals surface area contributed by atoms with Gasteiger partial charge in [-0.15, -0.1) is 0 Å². The van der Waals surface area contributed by atoms with E-state index in [4.69, 9.17) is 9.84 Å². The van der Waals surface area contributed by atoms with E-state index in [1.807, 2.05) is 6.08 Å². The molecule has 1 unspecified atom stereocenters. The maximum absolute atomic E-state index is 9.79. The molecule has 2 aliphatic heterocycles. The fourth-order valence-corrected chi connectivity index (χ4v) is 2.06. The second-order valence-electron chi connectivity index (χ2n) is 4.30. The Morgan fingerprint density at radius 3 is 2.47 bits per heavy atom. The Labute approximate surface area is 98.9 Å². The van der Waals surface area contributed by atoms with Crippen LogP contribution in [0.4, 0.5) is 0 Å². The molecule has 98 valence electrons. The quantitative estimate of drug-likeness (QED) is 0.365. The van der Waals surface area contributed by atoms with Crippen molar-refractivity contribution in [3.63, 3.8) is 0 Å². The van der Waals surface area contributed by atoms with Gasteiger partial charge in [0.2, 0.25) is 0 Å². The zero-order chi connectivity index (χ0) is 12.4. The summed E-state index contributed by atoms with van der Waals surface area (Å²) in [5.41, 5.74) is 2.94. The Balaban J connectivity index is 1.95. The smallest absolute Gasteiger partial charge is 0.111 e. The summed E-state index contributed by atoms with van der Waals surface area (Å²) in [4.78, 5) is 0. The van der Waals surface area contributed by atoms with Gasteiger partial charge in [-0.1, -0.05) is 6.08 Å². The van der Waals surface area contributed by atoms with Crippen LogP contribution in [0.3, 0.4) is 0 Å². The van der Waals surface area contributed by atoms with Crippen molar-refractivity contribution in [2.45, 2.75) is 30.5 Å². The van der Waals surface area contributed by atoms with Crippen LogP contribution in [-0.2, 0) is 4.74 Å². The lowest BCUT2D eigenvalue weighted by atomic mass is 9.95. The molecule has 2 aliphatic rings. The van der Waals surface area contributed by atoms with Gasteiger partial charge < -0.3 is 30.6 Å². The predicted octanol–water partition coefficient (Wildman–Crippen LogP) is -2.84. The molecule has 0 spiro atoms. The predicted molar refractivity (Wildman–Crippen MR) is 57.6 cm³/mol. The summed E-state index contributed by atoms with van der Waals surface area (Å²) >= 11 is 0. The van der Waals surface area contributed by atoms with Crippen LogP contribution in [0.25, 0.3) is 0 Å². The standard InChI is InChI=1S/C10H18N2O5/c13-5-7-9(15)10(16)8(14)6(17-7)4-12-3-1-2-11-12/h1-2,6-11,13-16H,3-5H2/t6?,7-,8+,9-,10-/m1/s1. The maximum Gasteiger partial charge on any atom is 0.111 e. The van der Waals surface area contributed by atoms with Crippen molar-refractivity contribution >= 4 is 0 Å². The highest BCUT2D eigenvalue weighted by Gasteiger charge is 2.43. The summed E-state index contributed by atoms with van der Waals surface area (Å²) in [5.74, 6) is 0. The Kier molecular flexibility index (Phi) is 3.97. The first-order valence-electron chi connectivity index (χ1n) is 5.60. The highest BCUT2D eigenvalue weighted by molar-refractivity contribution is 4.95. The normalized spacial score (nSPS) is 42.7. The van der Waals surface area contributed by atoms with Gasteiger partial charge in [-0.25, -0.2) is 5.01 Å². The van der Waals surface area contributed by atoms with Gasteiger partial charge >= 0.3 is 0 Å². The lowest BCUT2D eigenvalue weighted by Crippen LogP contribution is -2.61. The van der Waals surface area contributed by atoms with Crippen molar-refractivity contribution in [3.8, 4) is 0 Å². The van der Waals surface area contributed by atoms with Crippen molar-refractivity contribution in [1.82, 2.24) is 10.4 Å². The zero-order valence-corrected chi connectivity index (χ0v) is 9.31. The van der Waals surface area contributed by atoms with E-state index < -0.39 is 37.1 Å². The van der Waals surface area contributed by atoms with Crippen molar-refractivity contribution in [1.29, 1.82) is 0 Å². The van der Waals surface area contributed by atoms with E-state index >= 15 is 0 Å². The fraction of sp³-hybridized carbons (Fsp3) is 0.800. The second kappa shape index (κ2) is 5.30. The maximum atomic E-state index is 9.79. The molecule has 5 N–H and O–H groups in total. The van der Waals surface area contributed by atoms with E-state index in [1.54, 1.807) is 11.2 Å². The van der Waals surface area contributed by atoms with Gasteiger partial charge in [-0.3, -0.25) is 0 Å². The number of nitrogens with zero attached hydrogens (tertiary/aromatic N) is 1. The summed E-state index contributed by atoms with van der Waals surface area (Å²) in [6.45, 7) is 0.636. The molecule has 17 heavy (non-hydrogen) atoms. The zero-order valence-electron chi connectivity index (χ0n) is 9.31. The minimum Gasteiger partial charge on any atom is -0.394 e. The first kappa shape index (κ1) is 12.7. The molecule has 7 nitrogen and oxygen atoms in total. The Morgan fingerprint density at radius 2 is 1.88 bits per heavy atom. The fourth-order valence-electron chi connectivity index (χ4n) is 2.06. The highest BCUT2D eigenvalue weighted by Crippen LogP contribution is 2.21. The van der Waals surface area contributed by atoms with Gasteiger partial charge in [0.15, 0.2) is 0 Å². The van der Waals surface area contributed by atoms with Crippen molar-refractivity contribution in [3.05, 3.63) is 12.3 Å². The molecule has 7 heteroatoms. The molecule has 0 aromatic heterocycles. The van der Waals surface area contributed by atoms with Gasteiger partial charge in [0.05, 0.1) is 6.61 Å². The van der Waals surface area contributed by atoms with Gasteiger partial charge in [0.25, 0.3) is 0 Å². The van der Waals surface area contributed by atoms with Gasteiger partial charge in [0.1, 0.15) is 30.5 Å². The van der Waals surface area contributed by atoms with Crippen molar-refractivity contribution < 1.29 is 25.2 Å². The van der Waals surface area contributed by atoms with Crippen LogP contribution < -0.4 is 5.43 Å². The third kappa shape index (κ3) is 2.59. The molecule has 5 atom stereocenters. The highest BCUT2D eigenvalue weighted by atomic mass is 16.5. The number of hydrogen-bond acceptors (Lipinski definition) is 7. The van der Waals surface area contributed by atoms with Crippen LogP contribution in [0, 0.1) is 0 Å². The van der Waals surface area contributed by atoms with Crippen molar-refractivity contribution in [2.75, 3.05) is 19.7 Å². The average Bonchev–Trinajstić information content (AvgIpc) is 2.83. The Hall–Kier alpha value is -0.700. The molecule has 2 rings (SSSR count). The third-order valence-electron chi connectivity index (χ3n) is 3.09.